The molecule has 0 spiro atoms. The predicted octanol–water partition coefficient (Wildman–Crippen LogP) is -1.01. The maximum Gasteiger partial charge on any atom is 0.325 e. The van der Waals surface area contributed by atoms with Crippen LogP contribution < -0.4 is 11.2 Å². The summed E-state index contributed by atoms with van der Waals surface area (Å²) < 4.78 is 0. The first kappa shape index (κ1) is 9.60. The molecule has 1 radical (unpaired) electrons. The Balaban J connectivity index is 0.000000810. The van der Waals surface area contributed by atoms with Gasteiger partial charge < -0.3 is 4.98 Å². The second-order valence-electron chi connectivity index (χ2n) is 1.75. The third kappa shape index (κ3) is 2.09. The van der Waals surface area contributed by atoms with Crippen LogP contribution in [-0.4, -0.2) is 37.3 Å². The van der Waals surface area contributed by atoms with Crippen LogP contribution in [0.1, 0.15) is 5.56 Å². The molecule has 2 N–H and O–H groups in total. The van der Waals surface area contributed by atoms with Crippen LogP contribution in [0.25, 0.3) is 0 Å². The topological polar surface area (TPSA) is 65.7 Å². The molecule has 1 heterocycles. The molecule has 1 aromatic heterocycles. The summed E-state index contributed by atoms with van der Waals surface area (Å²) in [5, 5.41) is 0. The van der Waals surface area contributed by atoms with Crippen molar-refractivity contribution in [2.24, 2.45) is 0 Å². The molecule has 0 saturated carbocycles. The average molecular weight is 330 g/mol. The number of hydrogen-bond acceptors (Lipinski definition) is 2. The number of H-pyrrole nitrogens is 2. The van der Waals surface area contributed by atoms with Crippen LogP contribution in [0, 0.1) is 6.92 Å². The van der Waals surface area contributed by atoms with Crippen molar-refractivity contribution in [2.75, 3.05) is 0 Å². The summed E-state index contributed by atoms with van der Waals surface area (Å²) in [6.45, 7) is 1.62. The van der Waals surface area contributed by atoms with E-state index in [4.69, 9.17) is 0 Å². The van der Waals surface area contributed by atoms with E-state index < -0.39 is 5.69 Å². The van der Waals surface area contributed by atoms with E-state index in [1.165, 1.54) is 6.20 Å². The van der Waals surface area contributed by atoms with E-state index in [2.05, 4.69) is 9.97 Å². The Hall–Kier alpha value is -0.398. The van der Waals surface area contributed by atoms with Gasteiger partial charge in [-0.25, -0.2) is 4.79 Å². The van der Waals surface area contributed by atoms with Gasteiger partial charge in [-0.1, -0.05) is 0 Å². The monoisotopic (exact) mass is 331 g/mol. The summed E-state index contributed by atoms with van der Waals surface area (Å²) in [6.07, 6.45) is 1.38. The van der Waals surface area contributed by atoms with Crippen LogP contribution >= 0.6 is 0 Å². The van der Waals surface area contributed by atoms with Crippen molar-refractivity contribution in [3.63, 3.8) is 0 Å². The van der Waals surface area contributed by atoms with Gasteiger partial charge in [-0.2, -0.15) is 0 Å². The normalized spacial score (nSPS) is 8.50. The minimum Gasteiger partial charge on any atom is -0.314 e. The van der Waals surface area contributed by atoms with Crippen molar-refractivity contribution in [1.29, 1.82) is 0 Å². The molecule has 0 aliphatic heterocycles. The summed E-state index contributed by atoms with van der Waals surface area (Å²) in [4.78, 5) is 25.3. The van der Waals surface area contributed by atoms with Crippen molar-refractivity contribution < 1.29 is 0 Å². The van der Waals surface area contributed by atoms with Crippen molar-refractivity contribution in [2.45, 2.75) is 6.92 Å². The summed E-state index contributed by atoms with van der Waals surface area (Å²) in [7, 11) is 0. The Kier molecular flexibility index (Phi) is 3.55. The molecular formula is C5H6N2O2Tl. The summed E-state index contributed by atoms with van der Waals surface area (Å²) in [6, 6.07) is 0. The number of aryl methyl sites for hydroxylation is 1. The molecule has 0 aliphatic rings. The Labute approximate surface area is 76.8 Å². The zero-order valence-electron chi connectivity index (χ0n) is 5.47. The van der Waals surface area contributed by atoms with Gasteiger partial charge in [0.25, 0.3) is 5.56 Å². The largest absolute Gasteiger partial charge is 0.325 e. The molecule has 0 atom stereocenters. The molecule has 0 aromatic carbocycles. The van der Waals surface area contributed by atoms with Crippen LogP contribution in [-0.2, 0) is 0 Å². The Morgan fingerprint density at radius 3 is 2.40 bits per heavy atom. The van der Waals surface area contributed by atoms with Gasteiger partial charge in [0.2, 0.25) is 0 Å². The summed E-state index contributed by atoms with van der Waals surface area (Å²) in [5.41, 5.74) is -0.293. The smallest absolute Gasteiger partial charge is 0.314 e. The third-order valence-corrected chi connectivity index (χ3v) is 1.00. The fourth-order valence-electron chi connectivity index (χ4n) is 0.477. The molecule has 1 rings (SSSR count). The molecule has 0 fully saturated rings. The number of rotatable bonds is 0. The Morgan fingerprint density at radius 1 is 1.40 bits per heavy atom. The number of aromatic amines is 2. The molecule has 4 nitrogen and oxygen atoms in total. The Morgan fingerprint density at radius 2 is 2.00 bits per heavy atom. The molecule has 5 heteroatoms. The molecule has 51 valence electrons. The number of aromatic nitrogens is 2. The molecule has 0 bridgehead atoms. The minimum atomic E-state index is -0.467. The fourth-order valence-corrected chi connectivity index (χ4v) is 0.477. The summed E-state index contributed by atoms with van der Waals surface area (Å²) in [5.74, 6) is 0. The molecule has 10 heavy (non-hydrogen) atoms. The van der Waals surface area contributed by atoms with E-state index in [0.717, 1.165) is 0 Å². The van der Waals surface area contributed by atoms with Crippen LogP contribution in [0.5, 0.6) is 0 Å². The average Bonchev–Trinajstić information content (AvgIpc) is 1.80. The molecule has 0 amide bonds. The standard InChI is InChI=1S/C5H6N2O2.Tl/c1-3-2-6-5(9)7-4(3)8;/h2H,1H3,(H2,6,7,8,9);. The molecule has 0 unspecified atom stereocenters. The molecule has 0 saturated heterocycles. The van der Waals surface area contributed by atoms with Crippen LogP contribution in [0.15, 0.2) is 15.8 Å². The van der Waals surface area contributed by atoms with Crippen LogP contribution in [0.4, 0.5) is 0 Å². The van der Waals surface area contributed by atoms with E-state index in [9.17, 15) is 9.59 Å². The van der Waals surface area contributed by atoms with Crippen molar-refractivity contribution in [3.8, 4) is 0 Å². The molecule has 1 aromatic rings. The zero-order valence-corrected chi connectivity index (χ0v) is 9.96. The molecule has 0 aliphatic carbocycles. The number of nitrogens with one attached hydrogen (secondary N) is 2. The quantitative estimate of drug-likeness (QED) is 0.599. The van der Waals surface area contributed by atoms with Crippen LogP contribution in [0.2, 0.25) is 0 Å². The van der Waals surface area contributed by atoms with E-state index in [0.29, 0.717) is 5.56 Å². The maximum absolute atomic E-state index is 10.6. The minimum absolute atomic E-state index is 0. The zero-order chi connectivity index (χ0) is 6.85. The second-order valence-corrected chi connectivity index (χ2v) is 1.75. The van der Waals surface area contributed by atoms with Crippen LogP contribution in [0.3, 0.4) is 0 Å². The first-order chi connectivity index (χ1) is 4.20. The first-order valence-electron chi connectivity index (χ1n) is 2.49. The van der Waals surface area contributed by atoms with Crippen molar-refractivity contribution in [1.82, 2.24) is 9.97 Å². The molecular weight excluding hydrogens is 324 g/mol. The van der Waals surface area contributed by atoms with Crippen molar-refractivity contribution in [3.05, 3.63) is 32.6 Å². The van der Waals surface area contributed by atoms with Gasteiger partial charge >= 0.3 is 5.69 Å². The first-order valence-corrected chi connectivity index (χ1v) is 2.49. The van der Waals surface area contributed by atoms with Crippen molar-refractivity contribution >= 4 is 27.3 Å². The summed E-state index contributed by atoms with van der Waals surface area (Å²) >= 11 is 0. The maximum atomic E-state index is 10.6. The van der Waals surface area contributed by atoms with E-state index in [1.54, 1.807) is 6.92 Å². The third-order valence-electron chi connectivity index (χ3n) is 1.00. The SMILES string of the molecule is Cc1c[nH]c(=O)[nH]c1=O.[Tl]. The van der Waals surface area contributed by atoms with Gasteiger partial charge in [-0.3, -0.25) is 9.78 Å². The van der Waals surface area contributed by atoms with Gasteiger partial charge in [0.1, 0.15) is 0 Å². The predicted molar refractivity (Wildman–Crippen MR) is 38.2 cm³/mol. The van der Waals surface area contributed by atoms with Gasteiger partial charge in [-0.15, -0.1) is 0 Å². The Bertz CT molecular complexity index is 314. The van der Waals surface area contributed by atoms with Gasteiger partial charge in [0.05, 0.1) is 0 Å². The van der Waals surface area contributed by atoms with Gasteiger partial charge in [0.15, 0.2) is 0 Å². The van der Waals surface area contributed by atoms with E-state index in [-0.39, 0.29) is 32.9 Å². The van der Waals surface area contributed by atoms with E-state index >= 15 is 0 Å². The number of hydrogen-bond donors (Lipinski definition) is 2. The fraction of sp³-hybridized carbons (Fsp3) is 0.200. The van der Waals surface area contributed by atoms with Gasteiger partial charge in [-0.05, 0) is 6.92 Å². The van der Waals surface area contributed by atoms with E-state index in [1.807, 2.05) is 0 Å². The second kappa shape index (κ2) is 3.69. The van der Waals surface area contributed by atoms with Gasteiger partial charge in [0, 0.05) is 39.1 Å².